The summed E-state index contributed by atoms with van der Waals surface area (Å²) in [6.45, 7) is 2.77. The number of amides is 1. The lowest BCUT2D eigenvalue weighted by atomic mass is 10.2. The lowest BCUT2D eigenvalue weighted by Crippen LogP contribution is -2.49. The minimum Gasteiger partial charge on any atom is -0.368 e. The predicted molar refractivity (Wildman–Crippen MR) is 69.8 cm³/mol. The number of hydrogen-bond donors (Lipinski definition) is 2. The average Bonchev–Trinajstić information content (AvgIpc) is 2.99. The van der Waals surface area contributed by atoms with Crippen LogP contribution in [0.15, 0.2) is 0 Å². The standard InChI is InChI=1S/C12H26N4O/c1-15(2)7-4-8-16(3)9-11(12(13)17)14-10-5-6-10/h10-11,14H,4-9H2,1-3H3,(H2,13,17). The smallest absolute Gasteiger partial charge is 0.235 e. The maximum Gasteiger partial charge on any atom is 0.235 e. The summed E-state index contributed by atoms with van der Waals surface area (Å²) in [6, 6.07) is 0.314. The van der Waals surface area contributed by atoms with Crippen molar-refractivity contribution in [1.29, 1.82) is 0 Å². The Hall–Kier alpha value is -0.650. The van der Waals surface area contributed by atoms with Crippen molar-refractivity contribution >= 4 is 5.91 Å². The molecular formula is C12H26N4O. The normalized spacial score (nSPS) is 17.7. The summed E-state index contributed by atoms with van der Waals surface area (Å²) in [5.74, 6) is -0.239. The first kappa shape index (κ1) is 14.4. The molecule has 1 rings (SSSR count). The summed E-state index contributed by atoms with van der Waals surface area (Å²) >= 11 is 0. The molecule has 0 aliphatic heterocycles. The molecule has 1 unspecified atom stereocenters. The van der Waals surface area contributed by atoms with Crippen LogP contribution < -0.4 is 11.1 Å². The summed E-state index contributed by atoms with van der Waals surface area (Å²) < 4.78 is 0. The Morgan fingerprint density at radius 3 is 2.47 bits per heavy atom. The summed E-state index contributed by atoms with van der Waals surface area (Å²) in [5, 5.41) is 3.29. The molecule has 1 amide bonds. The predicted octanol–water partition coefficient (Wildman–Crippen LogP) is -0.524. The lowest BCUT2D eigenvalue weighted by molar-refractivity contribution is -0.120. The van der Waals surface area contributed by atoms with Crippen LogP contribution in [-0.4, -0.2) is 68.6 Å². The van der Waals surface area contributed by atoms with Crippen molar-refractivity contribution in [3.05, 3.63) is 0 Å². The first-order valence-corrected chi connectivity index (χ1v) is 6.37. The molecule has 1 aliphatic rings. The van der Waals surface area contributed by atoms with Crippen LogP contribution in [0, 0.1) is 0 Å². The molecule has 0 bridgehead atoms. The second-order valence-electron chi connectivity index (χ2n) is 5.31. The Bertz CT molecular complexity index is 241. The molecule has 0 spiro atoms. The van der Waals surface area contributed by atoms with Crippen molar-refractivity contribution in [1.82, 2.24) is 15.1 Å². The molecule has 0 heterocycles. The highest BCUT2D eigenvalue weighted by molar-refractivity contribution is 5.80. The highest BCUT2D eigenvalue weighted by atomic mass is 16.1. The van der Waals surface area contributed by atoms with Crippen LogP contribution in [-0.2, 0) is 4.79 Å². The Balaban J connectivity index is 2.20. The van der Waals surface area contributed by atoms with Crippen LogP contribution >= 0.6 is 0 Å². The second-order valence-corrected chi connectivity index (χ2v) is 5.31. The Morgan fingerprint density at radius 1 is 1.35 bits per heavy atom. The van der Waals surface area contributed by atoms with E-state index in [0.717, 1.165) is 19.5 Å². The van der Waals surface area contributed by atoms with Crippen molar-refractivity contribution in [2.45, 2.75) is 31.3 Å². The topological polar surface area (TPSA) is 61.6 Å². The highest BCUT2D eigenvalue weighted by Crippen LogP contribution is 2.19. The number of primary amides is 1. The molecular weight excluding hydrogens is 216 g/mol. The van der Waals surface area contributed by atoms with Crippen LogP contribution in [0.3, 0.4) is 0 Å². The van der Waals surface area contributed by atoms with E-state index in [-0.39, 0.29) is 11.9 Å². The van der Waals surface area contributed by atoms with E-state index in [1.54, 1.807) is 0 Å². The van der Waals surface area contributed by atoms with Gasteiger partial charge >= 0.3 is 0 Å². The number of likely N-dealkylation sites (N-methyl/N-ethyl adjacent to an activating group) is 1. The van der Waals surface area contributed by atoms with E-state index >= 15 is 0 Å². The van der Waals surface area contributed by atoms with Crippen molar-refractivity contribution in [3.8, 4) is 0 Å². The van der Waals surface area contributed by atoms with Crippen molar-refractivity contribution in [2.24, 2.45) is 5.73 Å². The second kappa shape index (κ2) is 6.93. The van der Waals surface area contributed by atoms with E-state index in [2.05, 4.69) is 29.2 Å². The maximum absolute atomic E-state index is 11.3. The van der Waals surface area contributed by atoms with Gasteiger partial charge in [0.2, 0.25) is 5.91 Å². The van der Waals surface area contributed by atoms with E-state index in [1.165, 1.54) is 12.8 Å². The van der Waals surface area contributed by atoms with Crippen LogP contribution in [0.5, 0.6) is 0 Å². The van der Waals surface area contributed by atoms with Gasteiger partial charge in [-0.25, -0.2) is 0 Å². The quantitative estimate of drug-likeness (QED) is 0.571. The van der Waals surface area contributed by atoms with Gasteiger partial charge in [-0.3, -0.25) is 4.79 Å². The molecule has 1 atom stereocenters. The van der Waals surface area contributed by atoms with E-state index in [1.807, 2.05) is 7.05 Å². The largest absolute Gasteiger partial charge is 0.368 e. The van der Waals surface area contributed by atoms with E-state index in [4.69, 9.17) is 5.73 Å². The summed E-state index contributed by atoms with van der Waals surface area (Å²) in [5.41, 5.74) is 5.40. The molecule has 5 heteroatoms. The van der Waals surface area contributed by atoms with E-state index < -0.39 is 0 Å². The third-order valence-electron chi connectivity index (χ3n) is 3.00. The zero-order valence-electron chi connectivity index (χ0n) is 11.3. The molecule has 0 saturated heterocycles. The van der Waals surface area contributed by atoms with Crippen molar-refractivity contribution < 1.29 is 4.79 Å². The van der Waals surface area contributed by atoms with E-state index in [9.17, 15) is 4.79 Å². The summed E-state index contributed by atoms with van der Waals surface area (Å²) in [4.78, 5) is 15.6. The van der Waals surface area contributed by atoms with Gasteiger partial charge in [-0.1, -0.05) is 0 Å². The minimum absolute atomic E-state index is 0.202. The van der Waals surface area contributed by atoms with Gasteiger partial charge in [0, 0.05) is 12.6 Å². The fourth-order valence-electron chi connectivity index (χ4n) is 1.82. The molecule has 1 saturated carbocycles. The number of nitrogens with two attached hydrogens (primary N) is 1. The van der Waals surface area contributed by atoms with Gasteiger partial charge in [0.1, 0.15) is 0 Å². The Labute approximate surface area is 104 Å². The third kappa shape index (κ3) is 6.61. The molecule has 100 valence electrons. The highest BCUT2D eigenvalue weighted by Gasteiger charge is 2.27. The maximum atomic E-state index is 11.3. The number of carbonyl (C=O) groups excluding carboxylic acids is 1. The zero-order chi connectivity index (χ0) is 12.8. The van der Waals surface area contributed by atoms with Gasteiger partial charge in [0.25, 0.3) is 0 Å². The Kier molecular flexibility index (Phi) is 5.88. The number of rotatable bonds is 9. The van der Waals surface area contributed by atoms with E-state index in [0.29, 0.717) is 12.6 Å². The van der Waals surface area contributed by atoms with Crippen LogP contribution in [0.4, 0.5) is 0 Å². The van der Waals surface area contributed by atoms with Crippen LogP contribution in [0.2, 0.25) is 0 Å². The van der Waals surface area contributed by atoms with Gasteiger partial charge < -0.3 is 20.9 Å². The number of hydrogen-bond acceptors (Lipinski definition) is 4. The van der Waals surface area contributed by atoms with Gasteiger partial charge in [-0.05, 0) is 53.5 Å². The molecule has 3 N–H and O–H groups in total. The number of nitrogens with zero attached hydrogens (tertiary/aromatic N) is 2. The van der Waals surface area contributed by atoms with Gasteiger partial charge in [0.05, 0.1) is 6.04 Å². The van der Waals surface area contributed by atoms with Gasteiger partial charge in [0.15, 0.2) is 0 Å². The van der Waals surface area contributed by atoms with Crippen molar-refractivity contribution in [3.63, 3.8) is 0 Å². The van der Waals surface area contributed by atoms with Gasteiger partial charge in [-0.2, -0.15) is 0 Å². The number of nitrogens with one attached hydrogen (secondary N) is 1. The summed E-state index contributed by atoms with van der Waals surface area (Å²) in [7, 11) is 6.18. The molecule has 17 heavy (non-hydrogen) atoms. The van der Waals surface area contributed by atoms with Gasteiger partial charge in [-0.15, -0.1) is 0 Å². The third-order valence-corrected chi connectivity index (χ3v) is 3.00. The average molecular weight is 242 g/mol. The minimum atomic E-state index is -0.239. The lowest BCUT2D eigenvalue weighted by Gasteiger charge is -2.23. The first-order chi connectivity index (χ1) is 7.99. The first-order valence-electron chi connectivity index (χ1n) is 6.37. The molecule has 0 aromatic heterocycles. The van der Waals surface area contributed by atoms with Crippen LogP contribution in [0.1, 0.15) is 19.3 Å². The monoisotopic (exact) mass is 242 g/mol. The molecule has 0 radical (unpaired) electrons. The molecule has 0 aromatic carbocycles. The van der Waals surface area contributed by atoms with Crippen molar-refractivity contribution in [2.75, 3.05) is 40.8 Å². The molecule has 1 fully saturated rings. The molecule has 5 nitrogen and oxygen atoms in total. The fourth-order valence-corrected chi connectivity index (χ4v) is 1.82. The van der Waals surface area contributed by atoms with Crippen LogP contribution in [0.25, 0.3) is 0 Å². The molecule has 0 aromatic rings. The fraction of sp³-hybridized carbons (Fsp3) is 0.917. The number of carbonyl (C=O) groups is 1. The zero-order valence-corrected chi connectivity index (χ0v) is 11.3. The SMILES string of the molecule is CN(C)CCCN(C)CC(NC1CC1)C(N)=O. The Morgan fingerprint density at radius 2 is 2.00 bits per heavy atom. The molecule has 1 aliphatic carbocycles. The summed E-state index contributed by atoms with van der Waals surface area (Å²) in [6.07, 6.45) is 3.46.